The van der Waals surface area contributed by atoms with Gasteiger partial charge in [-0.2, -0.15) is 5.10 Å². The molecule has 0 N–H and O–H groups in total. The van der Waals surface area contributed by atoms with E-state index in [0.717, 1.165) is 49.4 Å². The van der Waals surface area contributed by atoms with Crippen LogP contribution >= 0.6 is 0 Å². The van der Waals surface area contributed by atoms with E-state index in [1.165, 1.54) is 0 Å². The lowest BCUT2D eigenvalue weighted by molar-refractivity contribution is -0.130. The van der Waals surface area contributed by atoms with E-state index in [-0.39, 0.29) is 11.8 Å². The molecule has 0 bridgehead atoms. The number of carbonyl (C=O) groups excluding carboxylic acids is 1. The van der Waals surface area contributed by atoms with Gasteiger partial charge in [-0.25, -0.2) is 0 Å². The second-order valence-corrected chi connectivity index (χ2v) is 5.72. The topological polar surface area (TPSA) is 63.9 Å². The summed E-state index contributed by atoms with van der Waals surface area (Å²) < 4.78 is 1.87. The standard InChI is InChI=1S/C16H21N5O/c1-3-21-11-14(7-19-21)16-9-17-15(8-18-16)13-5-4-6-20(10-13)12(2)22/h7-9,11,13H,3-6,10H2,1-2H3/t13-/m1/s1. The highest BCUT2D eigenvalue weighted by molar-refractivity contribution is 5.73. The van der Waals surface area contributed by atoms with Crippen molar-refractivity contribution in [2.75, 3.05) is 13.1 Å². The molecule has 0 unspecified atom stereocenters. The molecular weight excluding hydrogens is 278 g/mol. The molecule has 1 fully saturated rings. The molecule has 0 spiro atoms. The van der Waals surface area contributed by atoms with E-state index in [2.05, 4.69) is 22.0 Å². The lowest BCUT2D eigenvalue weighted by atomic mass is 9.95. The van der Waals surface area contributed by atoms with Gasteiger partial charge < -0.3 is 4.90 Å². The summed E-state index contributed by atoms with van der Waals surface area (Å²) in [6.45, 7) is 6.12. The maximum atomic E-state index is 11.5. The molecule has 3 heterocycles. The van der Waals surface area contributed by atoms with Crippen LogP contribution in [-0.4, -0.2) is 43.6 Å². The highest BCUT2D eigenvalue weighted by atomic mass is 16.2. The monoisotopic (exact) mass is 299 g/mol. The summed E-state index contributed by atoms with van der Waals surface area (Å²) in [6, 6.07) is 0. The summed E-state index contributed by atoms with van der Waals surface area (Å²) in [6.07, 6.45) is 9.52. The minimum atomic E-state index is 0.140. The van der Waals surface area contributed by atoms with Gasteiger partial charge in [0.15, 0.2) is 0 Å². The quantitative estimate of drug-likeness (QED) is 0.870. The molecule has 22 heavy (non-hydrogen) atoms. The van der Waals surface area contributed by atoms with E-state index in [1.807, 2.05) is 28.2 Å². The van der Waals surface area contributed by atoms with E-state index >= 15 is 0 Å². The average molecular weight is 299 g/mol. The van der Waals surface area contributed by atoms with Crippen molar-refractivity contribution >= 4 is 5.91 Å². The van der Waals surface area contributed by atoms with Crippen LogP contribution in [0, 0.1) is 0 Å². The van der Waals surface area contributed by atoms with Crippen molar-refractivity contribution in [1.29, 1.82) is 0 Å². The Labute approximate surface area is 130 Å². The van der Waals surface area contributed by atoms with Crippen LogP contribution in [0.15, 0.2) is 24.8 Å². The molecule has 0 aliphatic carbocycles. The second-order valence-electron chi connectivity index (χ2n) is 5.72. The minimum Gasteiger partial charge on any atom is -0.342 e. The molecule has 116 valence electrons. The van der Waals surface area contributed by atoms with Gasteiger partial charge in [-0.05, 0) is 19.8 Å². The molecule has 1 amide bonds. The van der Waals surface area contributed by atoms with Crippen LogP contribution in [0.2, 0.25) is 0 Å². The number of amides is 1. The van der Waals surface area contributed by atoms with Crippen LogP contribution in [0.3, 0.4) is 0 Å². The SMILES string of the molecule is CCn1cc(-c2cnc([C@@H]3CCCN(C(C)=O)C3)cn2)cn1. The number of hydrogen-bond acceptors (Lipinski definition) is 4. The molecule has 1 atom stereocenters. The van der Waals surface area contributed by atoms with E-state index in [9.17, 15) is 4.79 Å². The second kappa shape index (κ2) is 6.25. The molecule has 1 aliphatic rings. The molecule has 0 aromatic carbocycles. The fraction of sp³-hybridized carbons (Fsp3) is 0.500. The maximum Gasteiger partial charge on any atom is 0.219 e. The first-order valence-corrected chi connectivity index (χ1v) is 7.77. The Morgan fingerprint density at radius 1 is 1.32 bits per heavy atom. The van der Waals surface area contributed by atoms with Crippen LogP contribution in [0.5, 0.6) is 0 Å². The third-order valence-corrected chi connectivity index (χ3v) is 4.21. The van der Waals surface area contributed by atoms with Gasteiger partial charge in [0.25, 0.3) is 0 Å². The normalized spacial score (nSPS) is 18.5. The van der Waals surface area contributed by atoms with Crippen molar-refractivity contribution < 1.29 is 4.79 Å². The van der Waals surface area contributed by atoms with Crippen molar-refractivity contribution in [2.45, 2.75) is 39.2 Å². The molecule has 6 heteroatoms. The van der Waals surface area contributed by atoms with E-state index < -0.39 is 0 Å². The molecule has 6 nitrogen and oxygen atoms in total. The third-order valence-electron chi connectivity index (χ3n) is 4.21. The fourth-order valence-electron chi connectivity index (χ4n) is 2.87. The van der Waals surface area contributed by atoms with Crippen LogP contribution < -0.4 is 0 Å². The molecule has 0 radical (unpaired) electrons. The number of likely N-dealkylation sites (tertiary alicyclic amines) is 1. The molecule has 0 saturated carbocycles. The summed E-state index contributed by atoms with van der Waals surface area (Å²) in [5, 5.41) is 4.26. The molecule has 1 aliphatic heterocycles. The van der Waals surface area contributed by atoms with E-state index in [4.69, 9.17) is 0 Å². The summed E-state index contributed by atoms with van der Waals surface area (Å²) in [5.41, 5.74) is 2.79. The van der Waals surface area contributed by atoms with Gasteiger partial charge in [0.2, 0.25) is 5.91 Å². The Kier molecular flexibility index (Phi) is 4.18. The number of nitrogens with zero attached hydrogens (tertiary/aromatic N) is 5. The Morgan fingerprint density at radius 3 is 2.82 bits per heavy atom. The van der Waals surface area contributed by atoms with Crippen LogP contribution in [0.4, 0.5) is 0 Å². The number of carbonyl (C=O) groups is 1. The van der Waals surface area contributed by atoms with Gasteiger partial charge in [-0.1, -0.05) is 0 Å². The lowest BCUT2D eigenvalue weighted by Gasteiger charge is -2.31. The van der Waals surface area contributed by atoms with Gasteiger partial charge in [0, 0.05) is 50.4 Å². The van der Waals surface area contributed by atoms with Gasteiger partial charge in [0.1, 0.15) is 0 Å². The third kappa shape index (κ3) is 3.00. The van der Waals surface area contributed by atoms with Crippen LogP contribution in [-0.2, 0) is 11.3 Å². The first-order chi connectivity index (χ1) is 10.7. The minimum absolute atomic E-state index is 0.140. The number of rotatable bonds is 3. The summed E-state index contributed by atoms with van der Waals surface area (Å²) in [4.78, 5) is 22.5. The lowest BCUT2D eigenvalue weighted by Crippen LogP contribution is -2.37. The largest absolute Gasteiger partial charge is 0.342 e. The molecular formula is C16H21N5O. The zero-order valence-corrected chi connectivity index (χ0v) is 13.1. The van der Waals surface area contributed by atoms with Gasteiger partial charge >= 0.3 is 0 Å². The van der Waals surface area contributed by atoms with Gasteiger partial charge in [0.05, 0.1) is 23.8 Å². The highest BCUT2D eigenvalue weighted by Crippen LogP contribution is 2.26. The number of hydrogen-bond donors (Lipinski definition) is 0. The summed E-state index contributed by atoms with van der Waals surface area (Å²) in [7, 11) is 0. The number of aryl methyl sites for hydroxylation is 1. The van der Waals surface area contributed by atoms with Crippen molar-refractivity contribution in [2.24, 2.45) is 0 Å². The fourth-order valence-corrected chi connectivity index (χ4v) is 2.87. The van der Waals surface area contributed by atoms with Crippen LogP contribution in [0.1, 0.15) is 38.3 Å². The summed E-state index contributed by atoms with van der Waals surface area (Å²) >= 11 is 0. The number of piperidine rings is 1. The van der Waals surface area contributed by atoms with Crippen molar-refractivity contribution in [3.05, 3.63) is 30.5 Å². The van der Waals surface area contributed by atoms with Gasteiger partial charge in [-0.3, -0.25) is 19.4 Å². The van der Waals surface area contributed by atoms with Crippen molar-refractivity contribution in [1.82, 2.24) is 24.6 Å². The van der Waals surface area contributed by atoms with E-state index in [1.54, 1.807) is 13.1 Å². The zero-order valence-electron chi connectivity index (χ0n) is 13.1. The maximum absolute atomic E-state index is 11.5. The Hall–Kier alpha value is -2.24. The van der Waals surface area contributed by atoms with Crippen LogP contribution in [0.25, 0.3) is 11.3 Å². The first-order valence-electron chi connectivity index (χ1n) is 7.77. The predicted molar refractivity (Wildman–Crippen MR) is 83.2 cm³/mol. The van der Waals surface area contributed by atoms with Gasteiger partial charge in [-0.15, -0.1) is 0 Å². The predicted octanol–water partition coefficient (Wildman–Crippen LogP) is 2.09. The average Bonchev–Trinajstić information content (AvgIpc) is 3.04. The van der Waals surface area contributed by atoms with Crippen molar-refractivity contribution in [3.63, 3.8) is 0 Å². The highest BCUT2D eigenvalue weighted by Gasteiger charge is 2.24. The van der Waals surface area contributed by atoms with Crippen molar-refractivity contribution in [3.8, 4) is 11.3 Å². The smallest absolute Gasteiger partial charge is 0.219 e. The Morgan fingerprint density at radius 2 is 2.18 bits per heavy atom. The number of aromatic nitrogens is 4. The summed E-state index contributed by atoms with van der Waals surface area (Å²) in [5.74, 6) is 0.429. The Bertz CT molecular complexity index is 649. The molecule has 2 aromatic heterocycles. The molecule has 2 aromatic rings. The Balaban J connectivity index is 1.75. The van der Waals surface area contributed by atoms with E-state index in [0.29, 0.717) is 0 Å². The molecule has 3 rings (SSSR count). The molecule has 1 saturated heterocycles. The zero-order chi connectivity index (χ0) is 15.5. The first kappa shape index (κ1) is 14.7.